The molecule has 0 aromatic heterocycles. The molecule has 0 heterocycles. The monoisotopic (exact) mass is 328 g/mol. The maximum atomic E-state index is 12.6. The normalized spacial score (nSPS) is 34.4. The van der Waals surface area contributed by atoms with Crippen LogP contribution in [0.4, 0.5) is 0 Å². The fourth-order valence-electron chi connectivity index (χ4n) is 4.47. The molecule has 118 valence electrons. The zero-order valence-electron chi connectivity index (χ0n) is 12.7. The van der Waals surface area contributed by atoms with Crippen molar-refractivity contribution in [2.24, 2.45) is 0 Å². The Labute approximate surface area is 135 Å². The smallest absolute Gasteiger partial charge is 0.282 e. The molecule has 0 unspecified atom stereocenters. The van der Waals surface area contributed by atoms with Gasteiger partial charge >= 0.3 is 0 Å². The lowest BCUT2D eigenvalue weighted by molar-refractivity contribution is 0.113. The molecular weight excluding hydrogens is 312 g/mol. The van der Waals surface area contributed by atoms with Gasteiger partial charge < -0.3 is 5.11 Å². The van der Waals surface area contributed by atoms with Gasteiger partial charge in [-0.25, -0.2) is 0 Å². The number of allylic oxidation sites excluding steroid dienone is 8. The van der Waals surface area contributed by atoms with E-state index in [1.807, 2.05) is 0 Å². The minimum atomic E-state index is -4.64. The summed E-state index contributed by atoms with van der Waals surface area (Å²) < 4.78 is 33.6. The van der Waals surface area contributed by atoms with E-state index in [1.54, 1.807) is 62.5 Å². The molecule has 0 aromatic rings. The second-order valence-electron chi connectivity index (χ2n) is 6.21. The summed E-state index contributed by atoms with van der Waals surface area (Å²) >= 11 is 0. The lowest BCUT2D eigenvalue weighted by Crippen LogP contribution is -2.56. The topological polar surface area (TPSA) is 74.6 Å². The van der Waals surface area contributed by atoms with Gasteiger partial charge in [0.05, 0.1) is 0 Å². The molecule has 4 nitrogen and oxygen atoms in total. The fourth-order valence-corrected chi connectivity index (χ4v) is 6.06. The predicted molar refractivity (Wildman–Crippen MR) is 88.2 cm³/mol. The maximum absolute atomic E-state index is 12.6. The van der Waals surface area contributed by atoms with Crippen LogP contribution in [0, 0.1) is 0 Å². The van der Waals surface area contributed by atoms with Crippen molar-refractivity contribution < 1.29 is 18.1 Å². The highest BCUT2D eigenvalue weighted by atomic mass is 32.2. The summed E-state index contributed by atoms with van der Waals surface area (Å²) in [6.07, 6.45) is 13.8. The SMILES string of the molecule is CC1=C2C=CC=CC3=C(C)C4=CC=CC=C1C4(O)C23S(=O)(=O)O. The molecule has 0 bridgehead atoms. The summed E-state index contributed by atoms with van der Waals surface area (Å²) in [7, 11) is -4.64. The first-order chi connectivity index (χ1) is 10.8. The van der Waals surface area contributed by atoms with Crippen LogP contribution in [-0.4, -0.2) is 28.4 Å². The molecule has 4 aliphatic rings. The number of rotatable bonds is 1. The van der Waals surface area contributed by atoms with Crippen LogP contribution in [0.1, 0.15) is 13.8 Å². The van der Waals surface area contributed by atoms with E-state index >= 15 is 0 Å². The van der Waals surface area contributed by atoms with Crippen molar-refractivity contribution in [3.8, 4) is 0 Å². The van der Waals surface area contributed by atoms with Gasteiger partial charge in [0, 0.05) is 0 Å². The van der Waals surface area contributed by atoms with Crippen LogP contribution in [0.5, 0.6) is 0 Å². The molecule has 0 radical (unpaired) electrons. The Morgan fingerprint density at radius 1 is 0.870 bits per heavy atom. The zero-order valence-corrected chi connectivity index (χ0v) is 13.6. The predicted octanol–water partition coefficient (Wildman–Crippen LogP) is 2.55. The fraction of sp³-hybridized carbons (Fsp3) is 0.222. The molecule has 0 aromatic carbocycles. The average molecular weight is 328 g/mol. The van der Waals surface area contributed by atoms with Gasteiger partial charge in [-0.2, -0.15) is 8.42 Å². The molecule has 0 amide bonds. The highest BCUT2D eigenvalue weighted by Gasteiger charge is 2.73. The first-order valence-corrected chi connectivity index (χ1v) is 8.79. The van der Waals surface area contributed by atoms with Crippen LogP contribution in [0.2, 0.25) is 0 Å². The van der Waals surface area contributed by atoms with Crippen molar-refractivity contribution in [1.29, 1.82) is 0 Å². The summed E-state index contributed by atoms with van der Waals surface area (Å²) in [5.41, 5.74) is 1.40. The van der Waals surface area contributed by atoms with E-state index in [0.29, 0.717) is 33.4 Å². The Bertz CT molecular complexity index is 906. The Morgan fingerprint density at radius 3 is 1.70 bits per heavy atom. The van der Waals surface area contributed by atoms with Crippen LogP contribution in [0.25, 0.3) is 0 Å². The lowest BCUT2D eigenvalue weighted by atomic mass is 9.80. The third-order valence-corrected chi connectivity index (χ3v) is 6.83. The van der Waals surface area contributed by atoms with Crippen molar-refractivity contribution in [3.63, 3.8) is 0 Å². The Hall–Kier alpha value is -1.95. The summed E-state index contributed by atoms with van der Waals surface area (Å²) in [6.45, 7) is 3.56. The molecule has 0 saturated carbocycles. The molecule has 5 heteroatoms. The van der Waals surface area contributed by atoms with E-state index in [9.17, 15) is 18.1 Å². The summed E-state index contributed by atoms with van der Waals surface area (Å²) in [4.78, 5) is 0. The largest absolute Gasteiger partial charge is 0.378 e. The summed E-state index contributed by atoms with van der Waals surface area (Å²) in [5, 5.41) is 11.7. The van der Waals surface area contributed by atoms with Crippen molar-refractivity contribution >= 4 is 10.1 Å². The standard InChI is InChI=1S/C18H16O4S/c1-11-13-7-3-4-8-14-12(2)16-10-6-5-9-15(11)18(16,17(13,14)19)23(20,21)22/h3-10,19H,1-2H3,(H,20,21,22). The summed E-state index contributed by atoms with van der Waals surface area (Å²) in [5.74, 6) is 0. The van der Waals surface area contributed by atoms with E-state index in [-0.39, 0.29) is 0 Å². The first kappa shape index (κ1) is 14.6. The third kappa shape index (κ3) is 1.33. The molecule has 4 rings (SSSR count). The van der Waals surface area contributed by atoms with Gasteiger partial charge in [-0.1, -0.05) is 48.6 Å². The quantitative estimate of drug-likeness (QED) is 0.726. The van der Waals surface area contributed by atoms with Crippen LogP contribution in [0.3, 0.4) is 0 Å². The first-order valence-electron chi connectivity index (χ1n) is 7.35. The van der Waals surface area contributed by atoms with E-state index in [4.69, 9.17) is 0 Å². The highest BCUT2D eigenvalue weighted by molar-refractivity contribution is 7.88. The Morgan fingerprint density at radius 2 is 1.30 bits per heavy atom. The van der Waals surface area contributed by atoms with Gasteiger partial charge in [0.1, 0.15) is 5.60 Å². The van der Waals surface area contributed by atoms with Crippen LogP contribution in [-0.2, 0) is 10.1 Å². The highest BCUT2D eigenvalue weighted by Crippen LogP contribution is 2.65. The number of aliphatic hydroxyl groups is 1. The lowest BCUT2D eigenvalue weighted by Gasteiger charge is -2.38. The Kier molecular flexibility index (Phi) is 2.62. The second-order valence-corrected chi connectivity index (χ2v) is 7.77. The van der Waals surface area contributed by atoms with Crippen molar-refractivity contribution in [1.82, 2.24) is 0 Å². The number of hydrogen-bond donors (Lipinski definition) is 2. The molecular formula is C18H16O4S. The molecule has 0 saturated heterocycles. The number of hydrogen-bond acceptors (Lipinski definition) is 3. The Balaban J connectivity index is 2.32. The van der Waals surface area contributed by atoms with E-state index < -0.39 is 20.5 Å². The van der Waals surface area contributed by atoms with Crippen LogP contribution < -0.4 is 0 Å². The van der Waals surface area contributed by atoms with E-state index in [0.717, 1.165) is 0 Å². The second kappa shape index (κ2) is 4.12. The van der Waals surface area contributed by atoms with Crippen molar-refractivity contribution in [3.05, 3.63) is 82.0 Å². The average Bonchev–Trinajstić information content (AvgIpc) is 2.71. The van der Waals surface area contributed by atoms with Gasteiger partial charge in [-0.15, -0.1) is 0 Å². The molecule has 4 aliphatic carbocycles. The maximum Gasteiger partial charge on any atom is 0.282 e. The molecule has 0 spiro atoms. The minimum absolute atomic E-state index is 0.423. The third-order valence-electron chi connectivity index (χ3n) is 5.32. The van der Waals surface area contributed by atoms with Crippen LogP contribution >= 0.6 is 0 Å². The zero-order chi connectivity index (χ0) is 16.6. The molecule has 0 fully saturated rings. The van der Waals surface area contributed by atoms with E-state index in [1.165, 1.54) is 0 Å². The van der Waals surface area contributed by atoms with Gasteiger partial charge in [-0.05, 0) is 47.3 Å². The van der Waals surface area contributed by atoms with Gasteiger partial charge in [-0.3, -0.25) is 4.55 Å². The molecule has 2 N–H and O–H groups in total. The van der Waals surface area contributed by atoms with E-state index in [2.05, 4.69) is 0 Å². The summed E-state index contributed by atoms with van der Waals surface area (Å²) in [6, 6.07) is 0. The molecule has 23 heavy (non-hydrogen) atoms. The van der Waals surface area contributed by atoms with Gasteiger partial charge in [0.25, 0.3) is 10.1 Å². The molecule has 0 atom stereocenters. The van der Waals surface area contributed by atoms with Crippen molar-refractivity contribution in [2.45, 2.75) is 24.2 Å². The van der Waals surface area contributed by atoms with Crippen LogP contribution in [0.15, 0.2) is 82.0 Å². The molecule has 0 aliphatic heterocycles. The van der Waals surface area contributed by atoms with Gasteiger partial charge in [0.2, 0.25) is 0 Å². The van der Waals surface area contributed by atoms with Crippen molar-refractivity contribution in [2.75, 3.05) is 0 Å². The van der Waals surface area contributed by atoms with Gasteiger partial charge in [0.15, 0.2) is 4.75 Å². The minimum Gasteiger partial charge on any atom is -0.378 e.